The number of urea groups is 1. The number of carbonyl (C=O) groups excluding carboxylic acids is 2. The minimum atomic E-state index is -5.35. The number of likely N-dealkylation sites (tertiary alicyclic amines) is 2. The van der Waals surface area contributed by atoms with Crippen LogP contribution in [0.5, 0.6) is 0 Å². The molecule has 5 rings (SSSR count). The maximum Gasteiger partial charge on any atom is 0.501 e. The molecule has 1 atom stereocenters. The first-order valence-electron chi connectivity index (χ1n) is 11.2. The van der Waals surface area contributed by atoms with Gasteiger partial charge in [-0.1, -0.05) is 12.1 Å². The van der Waals surface area contributed by atoms with E-state index in [0.717, 1.165) is 37.8 Å². The summed E-state index contributed by atoms with van der Waals surface area (Å²) in [6.07, 6.45) is 4.52. The minimum Gasteiger partial charge on any atom is -0.347 e. The molecule has 4 fully saturated rings. The van der Waals surface area contributed by atoms with E-state index in [1.807, 2.05) is 4.90 Å². The lowest BCUT2D eigenvalue weighted by atomic mass is 9.77. The van der Waals surface area contributed by atoms with Crippen molar-refractivity contribution in [2.24, 2.45) is 11.3 Å². The van der Waals surface area contributed by atoms with Gasteiger partial charge >= 0.3 is 11.5 Å². The first-order chi connectivity index (χ1) is 15.4. The molecule has 3 heterocycles. The Hall–Kier alpha value is -2.30. The van der Waals surface area contributed by atoms with Gasteiger partial charge in [-0.2, -0.15) is 13.2 Å². The number of benzene rings is 1. The molecule has 0 radical (unpaired) electrons. The van der Waals surface area contributed by atoms with Crippen molar-refractivity contribution in [3.05, 3.63) is 29.8 Å². The fourth-order valence-electron chi connectivity index (χ4n) is 6.02. The molecule has 0 bridgehead atoms. The van der Waals surface area contributed by atoms with Crippen LogP contribution < -0.4 is 5.32 Å². The maximum absolute atomic E-state index is 12.9. The Kier molecular flexibility index (Phi) is 5.01. The molecular weight excluding hydrogens is 459 g/mol. The van der Waals surface area contributed by atoms with Gasteiger partial charge < -0.3 is 15.1 Å². The molecular formula is C22H26F3N3O4S. The van der Waals surface area contributed by atoms with Gasteiger partial charge in [-0.05, 0) is 55.7 Å². The predicted octanol–water partition coefficient (Wildman–Crippen LogP) is 2.71. The largest absolute Gasteiger partial charge is 0.501 e. The van der Waals surface area contributed by atoms with Gasteiger partial charge in [0.2, 0.25) is 5.91 Å². The van der Waals surface area contributed by atoms with Crippen LogP contribution in [-0.2, 0) is 21.1 Å². The fourth-order valence-corrected chi connectivity index (χ4v) is 6.86. The predicted molar refractivity (Wildman–Crippen MR) is 112 cm³/mol. The molecule has 0 aromatic heterocycles. The summed E-state index contributed by atoms with van der Waals surface area (Å²) in [7, 11) is -5.35. The van der Waals surface area contributed by atoms with E-state index in [1.54, 1.807) is 11.0 Å². The molecule has 1 saturated carbocycles. The van der Waals surface area contributed by atoms with Crippen molar-refractivity contribution in [1.29, 1.82) is 0 Å². The molecule has 180 valence electrons. The van der Waals surface area contributed by atoms with E-state index in [9.17, 15) is 31.2 Å². The standard InChI is InChI=1S/C22H26F3N3O4S/c23-22(24,25)33(31,32)17-3-1-2-15(9-17)8-16-4-6-20(10-16)11-27(12-20)19(30)28-13-21(14-28)7-5-18(29)26-21/h1-3,9,16H,4-8,10-14H2,(H,26,29)/t16-/m1/s1. The molecule has 1 N–H and O–H groups in total. The Labute approximate surface area is 190 Å². The van der Waals surface area contributed by atoms with Crippen molar-refractivity contribution in [2.45, 2.75) is 54.5 Å². The normalized spacial score (nSPS) is 25.8. The van der Waals surface area contributed by atoms with Crippen molar-refractivity contribution in [1.82, 2.24) is 15.1 Å². The molecule has 4 aliphatic rings. The summed E-state index contributed by atoms with van der Waals surface area (Å²) in [5, 5.41) is 2.97. The van der Waals surface area contributed by atoms with Crippen LogP contribution in [0.2, 0.25) is 0 Å². The highest BCUT2D eigenvalue weighted by Crippen LogP contribution is 2.49. The quantitative estimate of drug-likeness (QED) is 0.713. The monoisotopic (exact) mass is 485 g/mol. The number of hydrogen-bond acceptors (Lipinski definition) is 4. The molecule has 3 amide bonds. The zero-order valence-corrected chi connectivity index (χ0v) is 18.8. The zero-order chi connectivity index (χ0) is 23.6. The number of carbonyl (C=O) groups is 2. The molecule has 1 aliphatic carbocycles. The molecule has 3 saturated heterocycles. The second-order valence-corrected chi connectivity index (χ2v) is 12.2. The van der Waals surface area contributed by atoms with Crippen LogP contribution in [0.15, 0.2) is 29.2 Å². The Morgan fingerprint density at radius 1 is 1.12 bits per heavy atom. The van der Waals surface area contributed by atoms with Gasteiger partial charge in [-0.3, -0.25) is 4.79 Å². The lowest BCUT2D eigenvalue weighted by Crippen LogP contribution is -2.72. The second kappa shape index (κ2) is 7.35. The number of sulfone groups is 1. The summed E-state index contributed by atoms with van der Waals surface area (Å²) in [5.41, 5.74) is -4.93. The van der Waals surface area contributed by atoms with E-state index in [-0.39, 0.29) is 28.8 Å². The van der Waals surface area contributed by atoms with E-state index in [2.05, 4.69) is 5.32 Å². The van der Waals surface area contributed by atoms with Crippen LogP contribution in [0.3, 0.4) is 0 Å². The van der Waals surface area contributed by atoms with E-state index in [0.29, 0.717) is 44.6 Å². The van der Waals surface area contributed by atoms with Crippen LogP contribution in [0, 0.1) is 11.3 Å². The second-order valence-electron chi connectivity index (χ2n) is 10.2. The Bertz CT molecular complexity index is 1090. The van der Waals surface area contributed by atoms with Gasteiger partial charge in [0, 0.05) is 38.0 Å². The van der Waals surface area contributed by atoms with E-state index >= 15 is 0 Å². The number of nitrogens with one attached hydrogen (secondary N) is 1. The summed E-state index contributed by atoms with van der Waals surface area (Å²) in [4.78, 5) is 27.1. The molecule has 2 spiro atoms. The van der Waals surface area contributed by atoms with Crippen LogP contribution in [0.4, 0.5) is 18.0 Å². The molecule has 11 heteroatoms. The maximum atomic E-state index is 12.9. The van der Waals surface area contributed by atoms with E-state index in [4.69, 9.17) is 0 Å². The Morgan fingerprint density at radius 2 is 1.82 bits per heavy atom. The average molecular weight is 486 g/mol. The van der Waals surface area contributed by atoms with Crippen LogP contribution in [-0.4, -0.2) is 67.4 Å². The first-order valence-corrected chi connectivity index (χ1v) is 12.6. The molecule has 0 unspecified atom stereocenters. The smallest absolute Gasteiger partial charge is 0.347 e. The number of alkyl halides is 3. The number of amides is 3. The number of rotatable bonds is 3. The van der Waals surface area contributed by atoms with Crippen LogP contribution >= 0.6 is 0 Å². The Balaban J connectivity index is 1.14. The highest BCUT2D eigenvalue weighted by Gasteiger charge is 2.54. The van der Waals surface area contributed by atoms with Crippen molar-refractivity contribution in [3.8, 4) is 0 Å². The van der Waals surface area contributed by atoms with Gasteiger partial charge in [0.25, 0.3) is 9.84 Å². The summed E-state index contributed by atoms with van der Waals surface area (Å²) < 4.78 is 62.0. The van der Waals surface area contributed by atoms with Gasteiger partial charge in [0.05, 0.1) is 10.4 Å². The van der Waals surface area contributed by atoms with E-state index in [1.165, 1.54) is 6.07 Å². The fraction of sp³-hybridized carbons (Fsp3) is 0.636. The topological polar surface area (TPSA) is 86.8 Å². The van der Waals surface area contributed by atoms with Crippen molar-refractivity contribution < 1.29 is 31.2 Å². The van der Waals surface area contributed by atoms with Gasteiger partial charge in [-0.25, -0.2) is 13.2 Å². The number of nitrogens with zero attached hydrogens (tertiary/aromatic N) is 2. The lowest BCUT2D eigenvalue weighted by Gasteiger charge is -2.54. The third kappa shape index (κ3) is 3.87. The SMILES string of the molecule is O=C1CCC2(CN(C(=O)N3CC4(CC[C@H](Cc5cccc(S(=O)(=O)C(F)(F)F)c5)C4)C3)C2)N1. The highest BCUT2D eigenvalue weighted by atomic mass is 32.2. The highest BCUT2D eigenvalue weighted by molar-refractivity contribution is 7.92. The number of halogens is 3. The van der Waals surface area contributed by atoms with Gasteiger partial charge in [0.1, 0.15) is 0 Å². The van der Waals surface area contributed by atoms with Crippen LogP contribution in [0.1, 0.15) is 37.7 Å². The minimum absolute atomic E-state index is 0.000840. The third-order valence-corrected chi connectivity index (χ3v) is 9.14. The molecule has 33 heavy (non-hydrogen) atoms. The summed E-state index contributed by atoms with van der Waals surface area (Å²) >= 11 is 0. The summed E-state index contributed by atoms with van der Waals surface area (Å²) in [5.74, 6) is 0.288. The number of hydrogen-bond donors (Lipinski definition) is 1. The van der Waals surface area contributed by atoms with E-state index < -0.39 is 20.2 Å². The van der Waals surface area contributed by atoms with Gasteiger partial charge in [0.15, 0.2) is 0 Å². The van der Waals surface area contributed by atoms with Gasteiger partial charge in [-0.15, -0.1) is 0 Å². The van der Waals surface area contributed by atoms with Crippen molar-refractivity contribution in [3.63, 3.8) is 0 Å². The van der Waals surface area contributed by atoms with Crippen molar-refractivity contribution in [2.75, 3.05) is 26.2 Å². The summed E-state index contributed by atoms with van der Waals surface area (Å²) in [6.45, 7) is 2.45. The molecule has 1 aromatic rings. The summed E-state index contributed by atoms with van der Waals surface area (Å²) in [6, 6.07) is 5.13. The average Bonchev–Trinajstić information content (AvgIpc) is 3.29. The molecule has 3 aliphatic heterocycles. The van der Waals surface area contributed by atoms with Crippen LogP contribution in [0.25, 0.3) is 0 Å². The molecule has 7 nitrogen and oxygen atoms in total. The molecule has 1 aromatic carbocycles. The zero-order valence-electron chi connectivity index (χ0n) is 18.0. The third-order valence-electron chi connectivity index (χ3n) is 7.66. The Morgan fingerprint density at radius 3 is 2.45 bits per heavy atom. The lowest BCUT2D eigenvalue weighted by molar-refractivity contribution is -0.120. The van der Waals surface area contributed by atoms with Crippen molar-refractivity contribution >= 4 is 21.8 Å². The first kappa shape index (κ1) is 22.5.